The van der Waals surface area contributed by atoms with Crippen LogP contribution in [0.15, 0.2) is 72.8 Å². The van der Waals surface area contributed by atoms with Crippen LogP contribution in [-0.2, 0) is 12.8 Å². The lowest BCUT2D eigenvalue weighted by atomic mass is 9.88. The summed E-state index contributed by atoms with van der Waals surface area (Å²) < 4.78 is 19.6. The number of rotatable bonds is 7. The molecule has 3 nitrogen and oxygen atoms in total. The van der Waals surface area contributed by atoms with Gasteiger partial charge in [0.2, 0.25) is 0 Å². The molecule has 172 valence electrons. The van der Waals surface area contributed by atoms with E-state index in [2.05, 4.69) is 58.7 Å². The second-order valence-corrected chi connectivity index (χ2v) is 9.27. The molecule has 2 aliphatic heterocycles. The van der Waals surface area contributed by atoms with E-state index in [1.54, 1.807) is 12.1 Å². The first kappa shape index (κ1) is 22.0. The molecular weight excluding hydrogens is 411 g/mol. The summed E-state index contributed by atoms with van der Waals surface area (Å²) in [7, 11) is 0. The molecule has 1 N–H and O–H groups in total. The SMILES string of the molecule is Fc1ccc(N2CCc3ccccc3C2Cc2ccc(OCCC3CCCCN3)cc2)cc1. The molecule has 3 aromatic rings. The summed E-state index contributed by atoms with van der Waals surface area (Å²) in [5.74, 6) is 0.747. The molecule has 0 spiro atoms. The quantitative estimate of drug-likeness (QED) is 0.478. The standard InChI is InChI=1S/C29H33FN2O/c30-24-10-12-26(13-11-24)32-19-16-23-5-1-2-7-28(23)29(32)21-22-8-14-27(15-9-22)33-20-17-25-6-3-4-18-31-25/h1-2,5,7-15,25,29,31H,3-4,6,16-21H2. The highest BCUT2D eigenvalue weighted by Crippen LogP contribution is 2.36. The van der Waals surface area contributed by atoms with Gasteiger partial charge in [0.15, 0.2) is 0 Å². The zero-order chi connectivity index (χ0) is 22.5. The van der Waals surface area contributed by atoms with E-state index in [0.29, 0.717) is 6.04 Å². The average molecular weight is 445 g/mol. The molecule has 0 aliphatic carbocycles. The predicted octanol–water partition coefficient (Wildman–Crippen LogP) is 6.08. The van der Waals surface area contributed by atoms with Gasteiger partial charge < -0.3 is 15.0 Å². The minimum atomic E-state index is -0.192. The Hall–Kier alpha value is -2.85. The van der Waals surface area contributed by atoms with Crippen molar-refractivity contribution >= 4 is 5.69 Å². The zero-order valence-electron chi connectivity index (χ0n) is 19.2. The fourth-order valence-electron chi connectivity index (χ4n) is 5.25. The molecule has 0 bridgehead atoms. The maximum absolute atomic E-state index is 13.5. The lowest BCUT2D eigenvalue weighted by Crippen LogP contribution is -2.36. The smallest absolute Gasteiger partial charge is 0.123 e. The highest BCUT2D eigenvalue weighted by molar-refractivity contribution is 5.53. The first-order chi connectivity index (χ1) is 16.3. The summed E-state index contributed by atoms with van der Waals surface area (Å²) in [5.41, 5.74) is 5.14. The van der Waals surface area contributed by atoms with E-state index in [0.717, 1.165) is 50.4 Å². The Bertz CT molecular complexity index is 1030. The van der Waals surface area contributed by atoms with Crippen molar-refractivity contribution in [2.45, 2.75) is 50.6 Å². The van der Waals surface area contributed by atoms with Gasteiger partial charge in [-0.1, -0.05) is 42.8 Å². The van der Waals surface area contributed by atoms with E-state index < -0.39 is 0 Å². The number of nitrogens with zero attached hydrogens (tertiary/aromatic N) is 1. The van der Waals surface area contributed by atoms with Crippen LogP contribution in [0.1, 0.15) is 48.4 Å². The van der Waals surface area contributed by atoms with Crippen molar-refractivity contribution in [3.05, 3.63) is 95.3 Å². The topological polar surface area (TPSA) is 24.5 Å². The number of anilines is 1. The first-order valence-electron chi connectivity index (χ1n) is 12.3. The van der Waals surface area contributed by atoms with Crippen molar-refractivity contribution in [1.29, 1.82) is 0 Å². The number of piperidine rings is 1. The number of fused-ring (bicyclic) bond motifs is 1. The molecule has 2 aliphatic rings. The van der Waals surface area contributed by atoms with Crippen molar-refractivity contribution in [3.63, 3.8) is 0 Å². The summed E-state index contributed by atoms with van der Waals surface area (Å²) in [6, 6.07) is 25.0. The Kier molecular flexibility index (Phi) is 6.92. The summed E-state index contributed by atoms with van der Waals surface area (Å²) >= 11 is 0. The maximum Gasteiger partial charge on any atom is 0.123 e. The number of halogens is 1. The number of hydrogen-bond acceptors (Lipinski definition) is 3. The summed E-state index contributed by atoms with van der Waals surface area (Å²) in [5, 5.41) is 3.58. The molecule has 1 fully saturated rings. The second kappa shape index (κ2) is 10.4. The number of ether oxygens (including phenoxy) is 1. The van der Waals surface area contributed by atoms with Crippen molar-refractivity contribution in [3.8, 4) is 5.75 Å². The largest absolute Gasteiger partial charge is 0.494 e. The van der Waals surface area contributed by atoms with Gasteiger partial charge in [-0.3, -0.25) is 0 Å². The molecule has 0 radical (unpaired) electrons. The van der Waals surface area contributed by atoms with E-state index in [9.17, 15) is 4.39 Å². The summed E-state index contributed by atoms with van der Waals surface area (Å²) in [4.78, 5) is 2.42. The minimum Gasteiger partial charge on any atom is -0.494 e. The Labute approximate surface area is 196 Å². The minimum absolute atomic E-state index is 0.192. The first-order valence-corrected chi connectivity index (χ1v) is 12.3. The van der Waals surface area contributed by atoms with Crippen LogP contribution in [-0.4, -0.2) is 25.7 Å². The zero-order valence-corrected chi connectivity index (χ0v) is 19.2. The van der Waals surface area contributed by atoms with E-state index in [-0.39, 0.29) is 11.9 Å². The van der Waals surface area contributed by atoms with Gasteiger partial charge in [0.1, 0.15) is 11.6 Å². The van der Waals surface area contributed by atoms with Gasteiger partial charge in [-0.05, 0) is 91.7 Å². The van der Waals surface area contributed by atoms with Gasteiger partial charge in [-0.15, -0.1) is 0 Å². The van der Waals surface area contributed by atoms with Crippen molar-refractivity contribution in [2.24, 2.45) is 0 Å². The Morgan fingerprint density at radius 1 is 0.939 bits per heavy atom. The molecule has 0 saturated carbocycles. The molecular formula is C29H33FN2O. The fourth-order valence-corrected chi connectivity index (χ4v) is 5.25. The van der Waals surface area contributed by atoms with E-state index in [1.165, 1.54) is 36.0 Å². The molecule has 2 unspecified atom stereocenters. The van der Waals surface area contributed by atoms with Crippen molar-refractivity contribution in [1.82, 2.24) is 5.32 Å². The van der Waals surface area contributed by atoms with E-state index in [1.807, 2.05) is 12.1 Å². The van der Waals surface area contributed by atoms with Gasteiger partial charge in [-0.25, -0.2) is 4.39 Å². The number of benzene rings is 3. The Morgan fingerprint density at radius 3 is 2.55 bits per heavy atom. The van der Waals surface area contributed by atoms with Gasteiger partial charge in [0, 0.05) is 18.3 Å². The summed E-state index contributed by atoms with van der Waals surface area (Å²) in [6.45, 7) is 2.83. The van der Waals surface area contributed by atoms with Crippen LogP contribution in [0.4, 0.5) is 10.1 Å². The van der Waals surface area contributed by atoms with Crippen LogP contribution in [0, 0.1) is 5.82 Å². The van der Waals surface area contributed by atoms with Crippen LogP contribution in [0.2, 0.25) is 0 Å². The Balaban J connectivity index is 1.27. The summed E-state index contributed by atoms with van der Waals surface area (Å²) in [6.07, 6.45) is 6.85. The third-order valence-corrected chi connectivity index (χ3v) is 7.07. The fraction of sp³-hybridized carbons (Fsp3) is 0.379. The molecule has 2 atom stereocenters. The van der Waals surface area contributed by atoms with Crippen molar-refractivity contribution in [2.75, 3.05) is 24.6 Å². The molecule has 33 heavy (non-hydrogen) atoms. The van der Waals surface area contributed by atoms with Crippen LogP contribution in [0.25, 0.3) is 0 Å². The molecule has 2 heterocycles. The van der Waals surface area contributed by atoms with Gasteiger partial charge >= 0.3 is 0 Å². The Morgan fingerprint density at radius 2 is 1.76 bits per heavy atom. The number of nitrogens with one attached hydrogen (secondary N) is 1. The highest BCUT2D eigenvalue weighted by Gasteiger charge is 2.27. The van der Waals surface area contributed by atoms with Crippen molar-refractivity contribution < 1.29 is 9.13 Å². The molecule has 4 heteroatoms. The van der Waals surface area contributed by atoms with Crippen LogP contribution < -0.4 is 15.0 Å². The van der Waals surface area contributed by atoms with Gasteiger partial charge in [-0.2, -0.15) is 0 Å². The number of hydrogen-bond donors (Lipinski definition) is 1. The average Bonchev–Trinajstić information content (AvgIpc) is 2.87. The highest BCUT2D eigenvalue weighted by atomic mass is 19.1. The second-order valence-electron chi connectivity index (χ2n) is 9.27. The van der Waals surface area contributed by atoms with E-state index >= 15 is 0 Å². The maximum atomic E-state index is 13.5. The van der Waals surface area contributed by atoms with E-state index in [4.69, 9.17) is 4.74 Å². The monoisotopic (exact) mass is 444 g/mol. The van der Waals surface area contributed by atoms with Crippen LogP contribution in [0.5, 0.6) is 5.75 Å². The predicted molar refractivity (Wildman–Crippen MR) is 133 cm³/mol. The lowest BCUT2D eigenvalue weighted by molar-refractivity contribution is 0.268. The molecule has 5 rings (SSSR count). The van der Waals surface area contributed by atoms with Crippen LogP contribution >= 0.6 is 0 Å². The van der Waals surface area contributed by atoms with Crippen LogP contribution in [0.3, 0.4) is 0 Å². The molecule has 3 aromatic carbocycles. The third-order valence-electron chi connectivity index (χ3n) is 7.07. The van der Waals surface area contributed by atoms with Gasteiger partial charge in [0.05, 0.1) is 12.6 Å². The van der Waals surface area contributed by atoms with Gasteiger partial charge in [0.25, 0.3) is 0 Å². The third kappa shape index (κ3) is 5.39. The lowest BCUT2D eigenvalue weighted by Gasteiger charge is -2.39. The molecule has 0 amide bonds. The molecule has 0 aromatic heterocycles. The normalized spacial score (nSPS) is 20.3. The molecule has 1 saturated heterocycles.